The summed E-state index contributed by atoms with van der Waals surface area (Å²) in [6.07, 6.45) is 7.58. The molecule has 0 aromatic carbocycles. The Labute approximate surface area is 120 Å². The zero-order valence-corrected chi connectivity index (χ0v) is 12.2. The number of amides is 1. The predicted octanol–water partition coefficient (Wildman–Crippen LogP) is 1.65. The molecule has 1 amide bonds. The topological polar surface area (TPSA) is 92.4 Å². The van der Waals surface area contributed by atoms with Gasteiger partial charge in [-0.15, -0.1) is 0 Å². The first-order chi connectivity index (χ1) is 9.45. The van der Waals surface area contributed by atoms with Crippen LogP contribution in [0, 0.1) is 11.3 Å². The van der Waals surface area contributed by atoms with Gasteiger partial charge >= 0.3 is 5.97 Å². The summed E-state index contributed by atoms with van der Waals surface area (Å²) in [5, 5.41) is 12.2. The van der Waals surface area contributed by atoms with Crippen LogP contribution in [0.4, 0.5) is 0 Å². The van der Waals surface area contributed by atoms with Crippen LogP contribution >= 0.6 is 0 Å². The van der Waals surface area contributed by atoms with E-state index >= 15 is 0 Å². The zero-order chi connectivity index (χ0) is 14.8. The Bertz CT molecular complexity index is 379. The highest BCUT2D eigenvalue weighted by Gasteiger charge is 2.44. The number of rotatable bonds is 4. The lowest BCUT2D eigenvalue weighted by molar-refractivity contribution is -0.145. The van der Waals surface area contributed by atoms with Gasteiger partial charge in [0.15, 0.2) is 0 Å². The second kappa shape index (κ2) is 6.12. The first kappa shape index (κ1) is 15.3. The van der Waals surface area contributed by atoms with Crippen LogP contribution in [0.1, 0.15) is 58.3 Å². The molecular weight excluding hydrogens is 256 g/mol. The van der Waals surface area contributed by atoms with Gasteiger partial charge in [-0.1, -0.05) is 25.7 Å². The van der Waals surface area contributed by atoms with E-state index in [-0.39, 0.29) is 17.9 Å². The highest BCUT2D eigenvalue weighted by atomic mass is 16.4. The molecule has 0 radical (unpaired) electrons. The average molecular weight is 282 g/mol. The molecule has 20 heavy (non-hydrogen) atoms. The second-order valence-corrected chi connectivity index (χ2v) is 6.60. The monoisotopic (exact) mass is 282 g/mol. The van der Waals surface area contributed by atoms with E-state index in [4.69, 9.17) is 5.73 Å². The first-order valence-electron chi connectivity index (χ1n) is 7.74. The van der Waals surface area contributed by atoms with Gasteiger partial charge in [-0.25, -0.2) is 4.79 Å². The maximum absolute atomic E-state index is 12.5. The quantitative estimate of drug-likeness (QED) is 0.731. The Hall–Kier alpha value is -1.10. The van der Waals surface area contributed by atoms with E-state index < -0.39 is 17.4 Å². The summed E-state index contributed by atoms with van der Waals surface area (Å²) in [7, 11) is 0. The number of nitrogens with one attached hydrogen (secondary N) is 1. The van der Waals surface area contributed by atoms with Gasteiger partial charge < -0.3 is 16.2 Å². The minimum atomic E-state index is -0.916. The van der Waals surface area contributed by atoms with Gasteiger partial charge in [0.2, 0.25) is 5.91 Å². The number of hydrogen-bond donors (Lipinski definition) is 3. The SMILES string of the molecule is CC1(C(=O)NC(C(=O)O)C2CCCCC2)CCCC1N. The molecule has 0 aromatic heterocycles. The molecule has 0 aromatic rings. The van der Waals surface area contributed by atoms with Crippen molar-refractivity contribution in [3.05, 3.63) is 0 Å². The molecule has 0 spiro atoms. The van der Waals surface area contributed by atoms with Crippen LogP contribution in [0.3, 0.4) is 0 Å². The fraction of sp³-hybridized carbons (Fsp3) is 0.867. The van der Waals surface area contributed by atoms with Crippen LogP contribution in [-0.4, -0.2) is 29.1 Å². The molecule has 3 atom stereocenters. The van der Waals surface area contributed by atoms with Crippen LogP contribution in [-0.2, 0) is 9.59 Å². The number of carboxylic acid groups (broad SMARTS) is 1. The third-order valence-electron chi connectivity index (χ3n) is 5.22. The molecule has 3 unspecified atom stereocenters. The number of carboxylic acids is 1. The Kier molecular flexibility index (Phi) is 4.68. The Morgan fingerprint density at radius 1 is 1.20 bits per heavy atom. The number of carbonyl (C=O) groups is 2. The Balaban J connectivity index is 2.04. The lowest BCUT2D eigenvalue weighted by Gasteiger charge is -2.33. The zero-order valence-electron chi connectivity index (χ0n) is 12.2. The van der Waals surface area contributed by atoms with E-state index in [1.165, 1.54) is 6.42 Å². The van der Waals surface area contributed by atoms with E-state index in [2.05, 4.69) is 5.32 Å². The molecule has 5 heteroatoms. The van der Waals surface area contributed by atoms with E-state index in [0.717, 1.165) is 44.9 Å². The number of aliphatic carboxylic acids is 1. The maximum Gasteiger partial charge on any atom is 0.326 e. The summed E-state index contributed by atoms with van der Waals surface area (Å²) in [6, 6.07) is -0.921. The van der Waals surface area contributed by atoms with Crippen molar-refractivity contribution in [2.24, 2.45) is 17.1 Å². The molecule has 2 aliphatic rings. The lowest BCUT2D eigenvalue weighted by atomic mass is 9.81. The Morgan fingerprint density at radius 3 is 2.35 bits per heavy atom. The molecule has 2 fully saturated rings. The standard InChI is InChI=1S/C15H26N2O3/c1-15(9-5-8-11(15)16)14(20)17-12(13(18)19)10-6-3-2-4-7-10/h10-12H,2-9,16H2,1H3,(H,17,20)(H,18,19). The molecule has 0 aliphatic heterocycles. The summed E-state index contributed by atoms with van der Waals surface area (Å²) >= 11 is 0. The van der Waals surface area contributed by atoms with E-state index in [9.17, 15) is 14.7 Å². The van der Waals surface area contributed by atoms with Crippen molar-refractivity contribution >= 4 is 11.9 Å². The second-order valence-electron chi connectivity index (χ2n) is 6.60. The normalized spacial score (nSPS) is 32.8. The Morgan fingerprint density at radius 2 is 1.85 bits per heavy atom. The molecule has 0 bridgehead atoms. The summed E-state index contributed by atoms with van der Waals surface area (Å²) in [4.78, 5) is 24.0. The van der Waals surface area contributed by atoms with Crippen LogP contribution in [0.5, 0.6) is 0 Å². The van der Waals surface area contributed by atoms with Gasteiger partial charge in [0, 0.05) is 6.04 Å². The molecule has 114 valence electrons. The van der Waals surface area contributed by atoms with Crippen LogP contribution in [0.25, 0.3) is 0 Å². The molecule has 0 heterocycles. The first-order valence-corrected chi connectivity index (χ1v) is 7.74. The van der Waals surface area contributed by atoms with Crippen LogP contribution in [0.15, 0.2) is 0 Å². The molecule has 2 aliphatic carbocycles. The van der Waals surface area contributed by atoms with Crippen LogP contribution < -0.4 is 11.1 Å². The minimum Gasteiger partial charge on any atom is -0.480 e. The van der Waals surface area contributed by atoms with Crippen molar-refractivity contribution in [3.8, 4) is 0 Å². The van der Waals surface area contributed by atoms with Gasteiger partial charge in [0.25, 0.3) is 0 Å². The van der Waals surface area contributed by atoms with Gasteiger partial charge in [0.1, 0.15) is 6.04 Å². The fourth-order valence-corrected chi connectivity index (χ4v) is 3.63. The van der Waals surface area contributed by atoms with Crippen molar-refractivity contribution in [3.63, 3.8) is 0 Å². The highest BCUT2D eigenvalue weighted by molar-refractivity contribution is 5.88. The average Bonchev–Trinajstić information content (AvgIpc) is 2.77. The largest absolute Gasteiger partial charge is 0.480 e. The van der Waals surface area contributed by atoms with Crippen molar-refractivity contribution in [1.29, 1.82) is 0 Å². The molecule has 0 saturated heterocycles. The van der Waals surface area contributed by atoms with Crippen molar-refractivity contribution in [2.75, 3.05) is 0 Å². The summed E-state index contributed by atoms with van der Waals surface area (Å²) in [5.41, 5.74) is 5.43. The summed E-state index contributed by atoms with van der Waals surface area (Å²) in [6.45, 7) is 1.86. The third kappa shape index (κ3) is 2.97. The summed E-state index contributed by atoms with van der Waals surface area (Å²) in [5.74, 6) is -1.03. The van der Waals surface area contributed by atoms with Crippen molar-refractivity contribution in [1.82, 2.24) is 5.32 Å². The number of nitrogens with two attached hydrogens (primary N) is 1. The van der Waals surface area contributed by atoms with Crippen LogP contribution in [0.2, 0.25) is 0 Å². The van der Waals surface area contributed by atoms with E-state index in [0.29, 0.717) is 0 Å². The highest BCUT2D eigenvalue weighted by Crippen LogP contribution is 2.37. The minimum absolute atomic E-state index is 0.0615. The maximum atomic E-state index is 12.5. The summed E-state index contributed by atoms with van der Waals surface area (Å²) < 4.78 is 0. The molecule has 5 nitrogen and oxygen atoms in total. The van der Waals surface area contributed by atoms with Gasteiger partial charge in [0.05, 0.1) is 5.41 Å². The molecule has 4 N–H and O–H groups in total. The molecule has 2 rings (SSSR count). The van der Waals surface area contributed by atoms with E-state index in [1.807, 2.05) is 6.92 Å². The third-order valence-corrected chi connectivity index (χ3v) is 5.22. The van der Waals surface area contributed by atoms with Crippen molar-refractivity contribution < 1.29 is 14.7 Å². The fourth-order valence-electron chi connectivity index (χ4n) is 3.63. The van der Waals surface area contributed by atoms with Gasteiger partial charge in [-0.2, -0.15) is 0 Å². The lowest BCUT2D eigenvalue weighted by Crippen LogP contribution is -2.54. The van der Waals surface area contributed by atoms with Crippen molar-refractivity contribution in [2.45, 2.75) is 70.4 Å². The van der Waals surface area contributed by atoms with E-state index in [1.54, 1.807) is 0 Å². The van der Waals surface area contributed by atoms with Gasteiger partial charge in [-0.05, 0) is 38.5 Å². The predicted molar refractivity (Wildman–Crippen MR) is 76.1 cm³/mol. The number of hydrogen-bond acceptors (Lipinski definition) is 3. The smallest absolute Gasteiger partial charge is 0.326 e. The molecule has 2 saturated carbocycles. The van der Waals surface area contributed by atoms with Gasteiger partial charge in [-0.3, -0.25) is 4.79 Å². The molecular formula is C15H26N2O3. The number of carbonyl (C=O) groups excluding carboxylic acids is 1.